The molecule has 0 spiro atoms. The first-order chi connectivity index (χ1) is 12.6. The van der Waals surface area contributed by atoms with Gasteiger partial charge in [0.05, 0.1) is 5.56 Å². The number of unbranched alkanes of at least 4 members (excludes halogenated alkanes) is 1. The Balaban J connectivity index is 2.03. The highest BCUT2D eigenvalue weighted by Gasteiger charge is 2.21. The number of carbonyl (C=O) groups excluding carboxylic acids is 2. The second kappa shape index (κ2) is 7.83. The fourth-order valence-corrected chi connectivity index (χ4v) is 3.24. The second-order valence-corrected chi connectivity index (χ2v) is 6.34. The number of nitrogens with two attached hydrogens (primary N) is 1. The Kier molecular flexibility index (Phi) is 5.32. The van der Waals surface area contributed by atoms with E-state index in [1.165, 1.54) is 0 Å². The standard InChI is InChI=1S/C22H22N2O2/c1-2-3-4-13-19(21(23)25)24-22(26)20-17-11-7-5-9-15(17)14-16-10-6-8-12-18(16)20/h2,5-12,14,19H,1,3-4,13H2,(H2,23,25)(H,24,26)/t19-/m0/s1. The molecule has 0 bridgehead atoms. The number of allylic oxidation sites excluding steroid dienone is 1. The van der Waals surface area contributed by atoms with Gasteiger partial charge in [-0.2, -0.15) is 0 Å². The molecule has 4 heteroatoms. The molecule has 0 aliphatic carbocycles. The van der Waals surface area contributed by atoms with Crippen molar-refractivity contribution in [1.82, 2.24) is 5.32 Å². The molecule has 0 aliphatic heterocycles. The van der Waals surface area contributed by atoms with Crippen LogP contribution < -0.4 is 11.1 Å². The van der Waals surface area contributed by atoms with Gasteiger partial charge < -0.3 is 11.1 Å². The summed E-state index contributed by atoms with van der Waals surface area (Å²) < 4.78 is 0. The third-order valence-corrected chi connectivity index (χ3v) is 4.55. The maximum Gasteiger partial charge on any atom is 0.253 e. The maximum absolute atomic E-state index is 13.1. The van der Waals surface area contributed by atoms with Gasteiger partial charge in [0.1, 0.15) is 6.04 Å². The molecule has 4 nitrogen and oxygen atoms in total. The van der Waals surface area contributed by atoms with Gasteiger partial charge in [0, 0.05) is 0 Å². The molecule has 3 aromatic carbocycles. The number of hydrogen-bond donors (Lipinski definition) is 2. The SMILES string of the molecule is C=CCCC[C@H](NC(=O)c1c2ccccc2cc2ccccc12)C(N)=O. The Bertz CT molecular complexity index is 924. The Labute approximate surface area is 152 Å². The van der Waals surface area contributed by atoms with Crippen LogP contribution in [-0.4, -0.2) is 17.9 Å². The fourth-order valence-electron chi connectivity index (χ4n) is 3.24. The molecule has 0 unspecified atom stereocenters. The van der Waals surface area contributed by atoms with Crippen LogP contribution in [0.3, 0.4) is 0 Å². The lowest BCUT2D eigenvalue weighted by atomic mass is 9.96. The molecule has 0 heterocycles. The Hall–Kier alpha value is -3.14. The molecule has 0 aromatic heterocycles. The van der Waals surface area contributed by atoms with Crippen LogP contribution in [0.25, 0.3) is 21.5 Å². The first-order valence-corrected chi connectivity index (χ1v) is 8.73. The monoisotopic (exact) mass is 346 g/mol. The molecule has 0 fully saturated rings. The predicted octanol–water partition coefficient (Wildman–Crippen LogP) is 3.93. The summed E-state index contributed by atoms with van der Waals surface area (Å²) in [7, 11) is 0. The molecule has 3 N–H and O–H groups in total. The highest BCUT2D eigenvalue weighted by molar-refractivity contribution is 6.18. The van der Waals surface area contributed by atoms with Gasteiger partial charge in [0.2, 0.25) is 5.91 Å². The van der Waals surface area contributed by atoms with E-state index < -0.39 is 11.9 Å². The highest BCUT2D eigenvalue weighted by Crippen LogP contribution is 2.28. The predicted molar refractivity (Wildman–Crippen MR) is 106 cm³/mol. The van der Waals surface area contributed by atoms with Crippen LogP contribution >= 0.6 is 0 Å². The summed E-state index contributed by atoms with van der Waals surface area (Å²) in [5, 5.41) is 6.52. The minimum atomic E-state index is -0.694. The molecule has 0 saturated carbocycles. The van der Waals surface area contributed by atoms with Crippen molar-refractivity contribution in [3.05, 3.63) is 72.8 Å². The Morgan fingerprint density at radius 1 is 1.04 bits per heavy atom. The topological polar surface area (TPSA) is 72.2 Å². The number of rotatable bonds is 7. The number of carbonyl (C=O) groups is 2. The normalized spacial score (nSPS) is 12.0. The van der Waals surface area contributed by atoms with Gasteiger partial charge in [-0.15, -0.1) is 6.58 Å². The summed E-state index contributed by atoms with van der Waals surface area (Å²) in [6, 6.07) is 16.9. The molecule has 0 aliphatic rings. The van der Waals surface area contributed by atoms with Crippen molar-refractivity contribution in [2.75, 3.05) is 0 Å². The van der Waals surface area contributed by atoms with Crippen molar-refractivity contribution in [1.29, 1.82) is 0 Å². The lowest BCUT2D eigenvalue weighted by molar-refractivity contribution is -0.120. The Morgan fingerprint density at radius 2 is 1.62 bits per heavy atom. The quantitative estimate of drug-likeness (QED) is 0.386. The third kappa shape index (κ3) is 3.59. The van der Waals surface area contributed by atoms with Crippen LogP contribution in [0.4, 0.5) is 0 Å². The van der Waals surface area contributed by atoms with Gasteiger partial charge in [-0.3, -0.25) is 9.59 Å². The minimum absolute atomic E-state index is 0.277. The lowest BCUT2D eigenvalue weighted by Crippen LogP contribution is -2.44. The van der Waals surface area contributed by atoms with Crippen molar-refractivity contribution < 1.29 is 9.59 Å². The third-order valence-electron chi connectivity index (χ3n) is 4.55. The number of benzene rings is 3. The van der Waals surface area contributed by atoms with Crippen LogP contribution in [0.5, 0.6) is 0 Å². The first kappa shape index (κ1) is 17.7. The lowest BCUT2D eigenvalue weighted by Gasteiger charge is -2.17. The molecular weight excluding hydrogens is 324 g/mol. The van der Waals surface area contributed by atoms with E-state index in [2.05, 4.69) is 18.0 Å². The summed E-state index contributed by atoms with van der Waals surface area (Å²) in [5.41, 5.74) is 6.07. The van der Waals surface area contributed by atoms with E-state index >= 15 is 0 Å². The smallest absolute Gasteiger partial charge is 0.253 e. The van der Waals surface area contributed by atoms with Crippen LogP contribution in [0, 0.1) is 0 Å². The maximum atomic E-state index is 13.1. The summed E-state index contributed by atoms with van der Waals surface area (Å²) in [6.45, 7) is 3.68. The summed E-state index contributed by atoms with van der Waals surface area (Å²) >= 11 is 0. The Morgan fingerprint density at radius 3 is 2.15 bits per heavy atom. The molecule has 0 radical (unpaired) electrons. The van der Waals surface area contributed by atoms with Gasteiger partial charge >= 0.3 is 0 Å². The van der Waals surface area contributed by atoms with Crippen molar-refractivity contribution in [2.45, 2.75) is 25.3 Å². The molecule has 26 heavy (non-hydrogen) atoms. The molecule has 3 aromatic rings. The van der Waals surface area contributed by atoms with Gasteiger partial charge in [-0.05, 0) is 46.9 Å². The molecule has 3 rings (SSSR count). The summed E-state index contributed by atoms with van der Waals surface area (Å²) in [5.74, 6) is -0.799. The van der Waals surface area contributed by atoms with E-state index in [1.54, 1.807) is 6.08 Å². The summed E-state index contributed by atoms with van der Waals surface area (Å²) in [6.07, 6.45) is 3.80. The van der Waals surface area contributed by atoms with Crippen molar-refractivity contribution in [3.63, 3.8) is 0 Å². The van der Waals surface area contributed by atoms with Crippen molar-refractivity contribution in [3.8, 4) is 0 Å². The van der Waals surface area contributed by atoms with Gasteiger partial charge in [-0.1, -0.05) is 54.6 Å². The van der Waals surface area contributed by atoms with Crippen LogP contribution in [-0.2, 0) is 4.79 Å². The van der Waals surface area contributed by atoms with Gasteiger partial charge in [0.25, 0.3) is 5.91 Å². The highest BCUT2D eigenvalue weighted by atomic mass is 16.2. The fraction of sp³-hybridized carbons (Fsp3) is 0.182. The number of nitrogens with one attached hydrogen (secondary N) is 1. The largest absolute Gasteiger partial charge is 0.368 e. The molecule has 2 amide bonds. The second-order valence-electron chi connectivity index (χ2n) is 6.34. The van der Waals surface area contributed by atoms with E-state index in [9.17, 15) is 9.59 Å². The first-order valence-electron chi connectivity index (χ1n) is 8.73. The number of primary amides is 1. The van der Waals surface area contributed by atoms with Crippen LogP contribution in [0.2, 0.25) is 0 Å². The zero-order valence-electron chi connectivity index (χ0n) is 14.6. The number of amides is 2. The molecule has 0 saturated heterocycles. The zero-order valence-corrected chi connectivity index (χ0v) is 14.6. The minimum Gasteiger partial charge on any atom is -0.368 e. The van der Waals surface area contributed by atoms with E-state index in [0.717, 1.165) is 34.4 Å². The molecule has 132 valence electrons. The van der Waals surface area contributed by atoms with Gasteiger partial charge in [-0.25, -0.2) is 0 Å². The summed E-state index contributed by atoms with van der Waals surface area (Å²) in [4.78, 5) is 24.9. The molecule has 1 atom stereocenters. The molecular formula is C22H22N2O2. The van der Waals surface area contributed by atoms with E-state index in [0.29, 0.717) is 12.0 Å². The average Bonchev–Trinajstić information content (AvgIpc) is 2.65. The van der Waals surface area contributed by atoms with Crippen LogP contribution in [0.1, 0.15) is 29.6 Å². The van der Waals surface area contributed by atoms with E-state index in [-0.39, 0.29) is 5.91 Å². The van der Waals surface area contributed by atoms with Crippen LogP contribution in [0.15, 0.2) is 67.3 Å². The van der Waals surface area contributed by atoms with E-state index in [4.69, 9.17) is 5.73 Å². The number of hydrogen-bond acceptors (Lipinski definition) is 2. The number of fused-ring (bicyclic) bond motifs is 2. The zero-order chi connectivity index (χ0) is 18.5. The van der Waals surface area contributed by atoms with Crippen molar-refractivity contribution in [2.24, 2.45) is 5.73 Å². The van der Waals surface area contributed by atoms with Gasteiger partial charge in [0.15, 0.2) is 0 Å². The van der Waals surface area contributed by atoms with E-state index in [1.807, 2.05) is 48.5 Å². The average molecular weight is 346 g/mol. The van der Waals surface area contributed by atoms with Crippen molar-refractivity contribution >= 4 is 33.4 Å².